The smallest absolute Gasteiger partial charge is 0.475 e. The molecule has 1 aliphatic carbocycles. The highest BCUT2D eigenvalue weighted by atomic mass is 19.4. The summed E-state index contributed by atoms with van der Waals surface area (Å²) in [5.74, 6) is -2.27. The number of rotatable bonds is 7. The van der Waals surface area contributed by atoms with Crippen molar-refractivity contribution in [2.24, 2.45) is 0 Å². The number of carboxylic acid groups (broad SMARTS) is 1. The molecule has 1 saturated carbocycles. The second-order valence-corrected chi connectivity index (χ2v) is 9.97. The molecule has 1 fully saturated rings. The minimum Gasteiger partial charge on any atom is -0.475 e. The largest absolute Gasteiger partial charge is 0.490 e. The van der Waals surface area contributed by atoms with E-state index in [-0.39, 0.29) is 11.9 Å². The van der Waals surface area contributed by atoms with Crippen LogP contribution in [0.2, 0.25) is 0 Å². The minimum absolute atomic E-state index is 0.0471. The summed E-state index contributed by atoms with van der Waals surface area (Å²) in [5, 5.41) is 18.4. The van der Waals surface area contributed by atoms with Gasteiger partial charge in [-0.2, -0.15) is 28.4 Å². The number of aliphatic carboxylic acids is 1. The van der Waals surface area contributed by atoms with Crippen molar-refractivity contribution in [2.75, 3.05) is 25.6 Å². The minimum atomic E-state index is -5.08. The van der Waals surface area contributed by atoms with Crippen molar-refractivity contribution in [2.45, 2.75) is 77.2 Å². The molecule has 2 aromatic heterocycles. The molecule has 0 aliphatic heterocycles. The molecule has 38 heavy (non-hydrogen) atoms. The van der Waals surface area contributed by atoms with Gasteiger partial charge in [-0.05, 0) is 60.7 Å². The summed E-state index contributed by atoms with van der Waals surface area (Å²) in [6.45, 7) is 7.10. The van der Waals surface area contributed by atoms with Gasteiger partial charge in [0.1, 0.15) is 11.7 Å². The molecule has 1 amide bonds. The van der Waals surface area contributed by atoms with Gasteiger partial charge in [-0.3, -0.25) is 5.01 Å². The number of alkyl halides is 3. The van der Waals surface area contributed by atoms with Crippen molar-refractivity contribution in [3.8, 4) is 6.07 Å². The van der Waals surface area contributed by atoms with Crippen LogP contribution < -0.4 is 10.4 Å². The SMILES string of the molecule is CN(C)CCCn1cnc2c(N(NC(=O)OC(C)(C)C)C3CCCC3)nc(C#N)nc21.O=C(O)C(F)(F)F. The molecule has 0 spiro atoms. The number of nitriles is 1. The Balaban J connectivity index is 0.000000638. The molecule has 12 nitrogen and oxygen atoms in total. The van der Waals surface area contributed by atoms with Gasteiger partial charge in [0.05, 0.1) is 12.4 Å². The first-order chi connectivity index (χ1) is 17.6. The summed E-state index contributed by atoms with van der Waals surface area (Å²) in [6, 6.07) is 2.10. The molecule has 0 unspecified atom stereocenters. The first-order valence-electron chi connectivity index (χ1n) is 12.0. The fourth-order valence-corrected chi connectivity index (χ4v) is 3.75. The zero-order valence-electron chi connectivity index (χ0n) is 22.0. The summed E-state index contributed by atoms with van der Waals surface area (Å²) in [4.78, 5) is 37.0. The van der Waals surface area contributed by atoms with Crippen molar-refractivity contribution < 1.29 is 32.6 Å². The van der Waals surface area contributed by atoms with Gasteiger partial charge in [0.25, 0.3) is 0 Å². The number of fused-ring (bicyclic) bond motifs is 1. The molecule has 0 aromatic carbocycles. The highest BCUT2D eigenvalue weighted by Crippen LogP contribution is 2.30. The maximum absolute atomic E-state index is 12.6. The van der Waals surface area contributed by atoms with Crippen LogP contribution in [-0.4, -0.2) is 80.0 Å². The number of nitrogens with zero attached hydrogens (tertiary/aromatic N) is 7. The monoisotopic (exact) mass is 542 g/mol. The summed E-state index contributed by atoms with van der Waals surface area (Å²) >= 11 is 0. The lowest BCUT2D eigenvalue weighted by atomic mass is 10.2. The molecule has 2 N–H and O–H groups in total. The molecule has 0 saturated heterocycles. The standard InChI is InChI=1S/C21H32N8O2.C2HF3O2/c1-21(2,3)31-20(30)26-29(15-9-6-7-10-15)19-17-18(24-16(13-22)25-19)28(14-23-17)12-8-11-27(4)5;3-2(4,5)1(6)7/h14-15H,6-12H2,1-5H3,(H,26,30);(H,6,7). The molecule has 15 heteroatoms. The third kappa shape index (κ3) is 9.02. The predicted molar refractivity (Wildman–Crippen MR) is 131 cm³/mol. The van der Waals surface area contributed by atoms with Crippen LogP contribution in [0, 0.1) is 11.3 Å². The van der Waals surface area contributed by atoms with Gasteiger partial charge >= 0.3 is 18.2 Å². The topological polar surface area (TPSA) is 150 Å². The lowest BCUT2D eigenvalue weighted by Crippen LogP contribution is -2.50. The van der Waals surface area contributed by atoms with Crippen LogP contribution in [0.4, 0.5) is 23.8 Å². The van der Waals surface area contributed by atoms with Crippen LogP contribution in [0.5, 0.6) is 0 Å². The molecule has 1 aliphatic rings. The Morgan fingerprint density at radius 1 is 1.24 bits per heavy atom. The van der Waals surface area contributed by atoms with Gasteiger partial charge in [0.2, 0.25) is 5.82 Å². The lowest BCUT2D eigenvalue weighted by molar-refractivity contribution is -0.192. The van der Waals surface area contributed by atoms with Crippen molar-refractivity contribution in [1.29, 1.82) is 5.26 Å². The molecule has 0 atom stereocenters. The zero-order chi connectivity index (χ0) is 28.7. The van der Waals surface area contributed by atoms with E-state index >= 15 is 0 Å². The maximum Gasteiger partial charge on any atom is 0.490 e. The summed E-state index contributed by atoms with van der Waals surface area (Å²) in [6.07, 6.45) is 0.946. The van der Waals surface area contributed by atoms with E-state index in [1.54, 1.807) is 11.3 Å². The van der Waals surface area contributed by atoms with E-state index in [0.29, 0.717) is 17.0 Å². The van der Waals surface area contributed by atoms with E-state index in [1.165, 1.54) is 0 Å². The Labute approximate surface area is 218 Å². The van der Waals surface area contributed by atoms with E-state index in [0.717, 1.165) is 45.2 Å². The molecule has 0 bridgehead atoms. The Morgan fingerprint density at radius 3 is 2.34 bits per heavy atom. The van der Waals surface area contributed by atoms with E-state index in [9.17, 15) is 23.2 Å². The number of anilines is 1. The van der Waals surface area contributed by atoms with Crippen LogP contribution in [0.25, 0.3) is 11.2 Å². The van der Waals surface area contributed by atoms with Crippen LogP contribution in [0.1, 0.15) is 58.7 Å². The average molecular weight is 543 g/mol. The van der Waals surface area contributed by atoms with E-state index in [2.05, 4.69) is 25.3 Å². The predicted octanol–water partition coefficient (Wildman–Crippen LogP) is 3.47. The highest BCUT2D eigenvalue weighted by molar-refractivity contribution is 5.85. The first-order valence-corrected chi connectivity index (χ1v) is 12.0. The number of amides is 1. The zero-order valence-corrected chi connectivity index (χ0v) is 22.0. The van der Waals surface area contributed by atoms with Crippen molar-refractivity contribution in [3.63, 3.8) is 0 Å². The van der Waals surface area contributed by atoms with Gasteiger partial charge in [0, 0.05) is 6.54 Å². The Hall–Kier alpha value is -3.67. The second kappa shape index (κ2) is 12.7. The number of aromatic nitrogens is 4. The first kappa shape index (κ1) is 30.6. The second-order valence-electron chi connectivity index (χ2n) is 9.97. The van der Waals surface area contributed by atoms with Gasteiger partial charge in [-0.1, -0.05) is 12.8 Å². The van der Waals surface area contributed by atoms with E-state index in [4.69, 9.17) is 14.6 Å². The van der Waals surface area contributed by atoms with Crippen molar-refractivity contribution >= 4 is 29.0 Å². The number of nitrogens with one attached hydrogen (secondary N) is 1. The highest BCUT2D eigenvalue weighted by Gasteiger charge is 2.38. The quantitative estimate of drug-likeness (QED) is 0.498. The molecular weight excluding hydrogens is 509 g/mol. The number of hydrazine groups is 1. The van der Waals surface area contributed by atoms with Crippen molar-refractivity contribution in [1.82, 2.24) is 29.8 Å². The molecule has 210 valence electrons. The van der Waals surface area contributed by atoms with Gasteiger partial charge in [-0.25, -0.2) is 20.0 Å². The molecule has 2 heterocycles. The number of ether oxygens (including phenoxy) is 1. The number of carbonyl (C=O) groups is 2. The lowest BCUT2D eigenvalue weighted by Gasteiger charge is -2.31. The van der Waals surface area contributed by atoms with Crippen LogP contribution in [0.15, 0.2) is 6.33 Å². The van der Waals surface area contributed by atoms with Gasteiger partial charge in [0.15, 0.2) is 17.0 Å². The van der Waals surface area contributed by atoms with Gasteiger partial charge in [-0.15, -0.1) is 0 Å². The Bertz CT molecular complexity index is 1150. The number of hydrogen-bond donors (Lipinski definition) is 2. The Kier molecular flexibility index (Phi) is 10.2. The summed E-state index contributed by atoms with van der Waals surface area (Å²) in [5.41, 5.74) is 3.39. The number of halogens is 3. The number of hydrogen-bond acceptors (Lipinski definition) is 9. The molecule has 0 radical (unpaired) electrons. The van der Waals surface area contributed by atoms with Gasteiger partial charge < -0.3 is 19.3 Å². The number of imidazole rings is 1. The fraction of sp³-hybridized carbons (Fsp3) is 0.652. The fourth-order valence-electron chi connectivity index (χ4n) is 3.75. The normalized spacial score (nSPS) is 14.1. The molecular formula is C23H33F3N8O4. The van der Waals surface area contributed by atoms with Crippen LogP contribution in [0.3, 0.4) is 0 Å². The molecule has 3 rings (SSSR count). The third-order valence-electron chi connectivity index (χ3n) is 5.32. The van der Waals surface area contributed by atoms with Crippen LogP contribution in [-0.2, 0) is 16.1 Å². The van der Waals surface area contributed by atoms with Crippen molar-refractivity contribution in [3.05, 3.63) is 12.2 Å². The summed E-state index contributed by atoms with van der Waals surface area (Å²) in [7, 11) is 4.06. The summed E-state index contributed by atoms with van der Waals surface area (Å²) < 4.78 is 39.1. The third-order valence-corrected chi connectivity index (χ3v) is 5.32. The van der Waals surface area contributed by atoms with Crippen LogP contribution >= 0.6 is 0 Å². The van der Waals surface area contributed by atoms with E-state index < -0.39 is 23.8 Å². The number of aryl methyl sites for hydroxylation is 1. The average Bonchev–Trinajstić information content (AvgIpc) is 3.46. The Morgan fingerprint density at radius 2 is 1.84 bits per heavy atom. The number of carbonyl (C=O) groups excluding carboxylic acids is 1. The molecule has 2 aromatic rings. The maximum atomic E-state index is 12.6. The van der Waals surface area contributed by atoms with E-state index in [1.807, 2.05) is 45.5 Å². The number of carboxylic acids is 1.